The van der Waals surface area contributed by atoms with Crippen molar-refractivity contribution in [1.82, 2.24) is 0 Å². The molecule has 29 heavy (non-hydrogen) atoms. The highest BCUT2D eigenvalue weighted by molar-refractivity contribution is 6.74. The van der Waals surface area contributed by atoms with Crippen LogP contribution in [0.3, 0.4) is 0 Å². The van der Waals surface area contributed by atoms with E-state index in [0.717, 1.165) is 19.3 Å². The molecule has 0 amide bonds. The zero-order valence-corrected chi connectivity index (χ0v) is 23.0. The summed E-state index contributed by atoms with van der Waals surface area (Å²) in [4.78, 5) is 0. The van der Waals surface area contributed by atoms with E-state index in [-0.39, 0.29) is 21.3 Å². The molecule has 0 spiro atoms. The lowest BCUT2D eigenvalue weighted by Gasteiger charge is -2.50. The molecule has 5 heteroatoms. The van der Waals surface area contributed by atoms with Gasteiger partial charge in [-0.2, -0.15) is 5.26 Å². The maximum absolute atomic E-state index is 10.3. The van der Waals surface area contributed by atoms with Crippen molar-refractivity contribution in [3.05, 3.63) is 12.2 Å². The summed E-state index contributed by atoms with van der Waals surface area (Å²) in [6, 6.07) is 2.62. The molecule has 166 valence electrons. The molecular weight excluding hydrogens is 390 g/mol. The van der Waals surface area contributed by atoms with E-state index < -0.39 is 22.7 Å². The Kier molecular flexibility index (Phi) is 6.28. The van der Waals surface area contributed by atoms with Gasteiger partial charge in [0.1, 0.15) is 6.10 Å². The van der Waals surface area contributed by atoms with E-state index >= 15 is 0 Å². The van der Waals surface area contributed by atoms with Crippen molar-refractivity contribution in [2.45, 2.75) is 105 Å². The molecule has 2 fully saturated rings. The van der Waals surface area contributed by atoms with E-state index in [1.165, 1.54) is 5.57 Å². The van der Waals surface area contributed by atoms with Crippen LogP contribution in [0, 0.1) is 33.5 Å². The van der Waals surface area contributed by atoms with Crippen molar-refractivity contribution < 1.29 is 8.85 Å². The first-order chi connectivity index (χ1) is 12.8. The molecule has 3 nitrogen and oxygen atoms in total. The smallest absolute Gasteiger partial charge is 0.192 e. The number of nitrogens with zero attached hydrogens (tertiary/aromatic N) is 1. The van der Waals surface area contributed by atoms with Crippen LogP contribution in [0.25, 0.3) is 0 Å². The lowest BCUT2D eigenvalue weighted by Crippen LogP contribution is -2.54. The Morgan fingerprint density at radius 1 is 1.17 bits per heavy atom. The summed E-state index contributed by atoms with van der Waals surface area (Å²) in [5, 5.41) is 10.5. The SMILES string of the molecule is C=C1CC[C@H]2C(C)(C)C[C@](C)(CO[Si](C)(C)C(C)(C)C)[C@@]12C(C#N)O[Si](C)(C)C. The third-order valence-corrected chi connectivity index (χ3v) is 13.6. The van der Waals surface area contributed by atoms with Crippen LogP contribution in [0.15, 0.2) is 12.2 Å². The van der Waals surface area contributed by atoms with Gasteiger partial charge in [0, 0.05) is 17.4 Å². The Labute approximate surface area is 182 Å². The summed E-state index contributed by atoms with van der Waals surface area (Å²) in [7, 11) is -3.80. The molecule has 1 unspecified atom stereocenters. The van der Waals surface area contributed by atoms with Crippen LogP contribution >= 0.6 is 0 Å². The molecule has 0 aromatic rings. The van der Waals surface area contributed by atoms with Crippen LogP contribution in [0.2, 0.25) is 37.8 Å². The molecule has 0 saturated heterocycles. The highest BCUT2D eigenvalue weighted by atomic mass is 28.4. The van der Waals surface area contributed by atoms with Crippen LogP contribution < -0.4 is 0 Å². The van der Waals surface area contributed by atoms with Gasteiger partial charge < -0.3 is 8.85 Å². The fourth-order valence-corrected chi connectivity index (χ4v) is 8.17. The standard InChI is InChI=1S/C24H45NO2Si2/c1-18-13-14-19-22(5,6)16-23(7,17-26-29(11,12)21(2,3)4)24(18,19)20(15-25)27-28(8,9)10/h19-20H,1,13-14,16-17H2,2-12H3/t19-,20?,23+,24-/m0/s1. The van der Waals surface area contributed by atoms with Gasteiger partial charge in [-0.1, -0.05) is 53.7 Å². The summed E-state index contributed by atoms with van der Waals surface area (Å²) in [5.41, 5.74) is 0.889. The minimum absolute atomic E-state index is 0.142. The van der Waals surface area contributed by atoms with Crippen LogP contribution in [-0.4, -0.2) is 29.3 Å². The van der Waals surface area contributed by atoms with Crippen molar-refractivity contribution in [2.24, 2.45) is 22.2 Å². The summed E-state index contributed by atoms with van der Waals surface area (Å²) >= 11 is 0. The van der Waals surface area contributed by atoms with E-state index in [9.17, 15) is 5.26 Å². The zero-order valence-electron chi connectivity index (χ0n) is 21.0. The van der Waals surface area contributed by atoms with E-state index in [1.54, 1.807) is 0 Å². The van der Waals surface area contributed by atoms with Crippen LogP contribution in [-0.2, 0) is 8.85 Å². The Morgan fingerprint density at radius 3 is 2.17 bits per heavy atom. The number of nitriles is 1. The van der Waals surface area contributed by atoms with Gasteiger partial charge >= 0.3 is 0 Å². The molecule has 0 radical (unpaired) electrons. The van der Waals surface area contributed by atoms with Gasteiger partial charge in [0.2, 0.25) is 0 Å². The summed E-state index contributed by atoms with van der Waals surface area (Å²) in [5.74, 6) is 0.413. The molecule has 0 aliphatic heterocycles. The van der Waals surface area contributed by atoms with Gasteiger partial charge in [-0.15, -0.1) is 0 Å². The van der Waals surface area contributed by atoms with Gasteiger partial charge in [0.25, 0.3) is 0 Å². The summed E-state index contributed by atoms with van der Waals surface area (Å²) < 4.78 is 13.4. The molecule has 2 saturated carbocycles. The molecular formula is C24H45NO2Si2. The van der Waals surface area contributed by atoms with Crippen molar-refractivity contribution in [2.75, 3.05) is 6.61 Å². The molecule has 0 aromatic carbocycles. The van der Waals surface area contributed by atoms with Crippen LogP contribution in [0.1, 0.15) is 60.8 Å². The maximum atomic E-state index is 10.3. The number of rotatable bonds is 6. The fraction of sp³-hybridized carbons (Fsp3) is 0.875. The second kappa shape index (κ2) is 7.33. The van der Waals surface area contributed by atoms with Crippen molar-refractivity contribution in [1.29, 1.82) is 5.26 Å². The first-order valence-corrected chi connectivity index (χ1v) is 17.6. The van der Waals surface area contributed by atoms with Gasteiger partial charge in [0.05, 0.1) is 6.07 Å². The van der Waals surface area contributed by atoms with Crippen LogP contribution in [0.5, 0.6) is 0 Å². The molecule has 2 rings (SSSR count). The molecule has 0 bridgehead atoms. The monoisotopic (exact) mass is 435 g/mol. The predicted molar refractivity (Wildman–Crippen MR) is 128 cm³/mol. The largest absolute Gasteiger partial charge is 0.416 e. The molecule has 0 aromatic heterocycles. The first-order valence-electron chi connectivity index (χ1n) is 11.2. The molecule has 2 aliphatic carbocycles. The molecule has 0 heterocycles. The lowest BCUT2D eigenvalue weighted by atomic mass is 9.59. The highest BCUT2D eigenvalue weighted by Gasteiger charge is 2.71. The average Bonchev–Trinajstić information content (AvgIpc) is 2.95. The summed E-state index contributed by atoms with van der Waals surface area (Å²) in [6.45, 7) is 30.4. The first kappa shape index (κ1) is 24.8. The zero-order chi connectivity index (χ0) is 22.7. The average molecular weight is 436 g/mol. The summed E-state index contributed by atoms with van der Waals surface area (Å²) in [6.07, 6.45) is 2.71. The third-order valence-electron chi connectivity index (χ3n) is 8.22. The predicted octanol–water partition coefficient (Wildman–Crippen LogP) is 7.14. The van der Waals surface area contributed by atoms with Crippen molar-refractivity contribution in [3.8, 4) is 6.07 Å². The van der Waals surface area contributed by atoms with E-state index in [4.69, 9.17) is 8.85 Å². The second-order valence-corrected chi connectivity index (χ2v) is 22.3. The van der Waals surface area contributed by atoms with E-state index in [0.29, 0.717) is 12.5 Å². The topological polar surface area (TPSA) is 42.2 Å². The Morgan fingerprint density at radius 2 is 1.72 bits per heavy atom. The Hall–Kier alpha value is -0.416. The number of hydrogen-bond donors (Lipinski definition) is 0. The molecule has 4 atom stereocenters. The van der Waals surface area contributed by atoms with Crippen molar-refractivity contribution in [3.63, 3.8) is 0 Å². The molecule has 0 N–H and O–H groups in total. The second-order valence-electron chi connectivity index (χ2n) is 13.1. The van der Waals surface area contributed by atoms with Crippen molar-refractivity contribution >= 4 is 16.6 Å². The van der Waals surface area contributed by atoms with Gasteiger partial charge in [-0.3, -0.25) is 0 Å². The minimum atomic E-state index is -1.90. The normalized spacial score (nSPS) is 33.4. The van der Waals surface area contributed by atoms with E-state index in [1.807, 2.05) is 0 Å². The van der Waals surface area contributed by atoms with Gasteiger partial charge in [0.15, 0.2) is 16.6 Å². The Balaban J connectivity index is 2.57. The van der Waals surface area contributed by atoms with Crippen LogP contribution in [0.4, 0.5) is 0 Å². The van der Waals surface area contributed by atoms with Gasteiger partial charge in [-0.05, 0) is 68.4 Å². The van der Waals surface area contributed by atoms with Gasteiger partial charge in [-0.25, -0.2) is 0 Å². The fourth-order valence-electron chi connectivity index (χ4n) is 6.11. The number of hydrogen-bond acceptors (Lipinski definition) is 3. The number of fused-ring (bicyclic) bond motifs is 1. The Bertz CT molecular complexity index is 695. The quantitative estimate of drug-likeness (QED) is 0.329. The highest BCUT2D eigenvalue weighted by Crippen LogP contribution is 2.73. The minimum Gasteiger partial charge on any atom is -0.416 e. The third kappa shape index (κ3) is 4.07. The lowest BCUT2D eigenvalue weighted by molar-refractivity contribution is -0.0275. The van der Waals surface area contributed by atoms with E-state index in [2.05, 4.69) is 86.9 Å². The maximum Gasteiger partial charge on any atom is 0.192 e. The molecule has 2 aliphatic rings.